The van der Waals surface area contributed by atoms with Crippen LogP contribution in [0.25, 0.3) is 0 Å². The van der Waals surface area contributed by atoms with Crippen LogP contribution in [0.3, 0.4) is 0 Å². The van der Waals surface area contributed by atoms with Crippen molar-refractivity contribution in [2.24, 2.45) is 0 Å². The summed E-state index contributed by atoms with van der Waals surface area (Å²) in [6, 6.07) is 19.2. The van der Waals surface area contributed by atoms with Gasteiger partial charge in [-0.3, -0.25) is 19.4 Å². The Hall–Kier alpha value is -2.84. The summed E-state index contributed by atoms with van der Waals surface area (Å²) in [7, 11) is 0. The van der Waals surface area contributed by atoms with E-state index < -0.39 is 0 Å². The quantitative estimate of drug-likeness (QED) is 0.663. The van der Waals surface area contributed by atoms with Gasteiger partial charge in [0.1, 0.15) is 6.54 Å². The second kappa shape index (κ2) is 8.26. The van der Waals surface area contributed by atoms with Crippen LogP contribution >= 0.6 is 24.4 Å². The van der Waals surface area contributed by atoms with Gasteiger partial charge in [-0.1, -0.05) is 48.5 Å². The van der Waals surface area contributed by atoms with E-state index in [1.165, 1.54) is 0 Å². The van der Waals surface area contributed by atoms with E-state index in [-0.39, 0.29) is 24.9 Å². The van der Waals surface area contributed by atoms with E-state index in [9.17, 15) is 9.59 Å². The van der Waals surface area contributed by atoms with Crippen molar-refractivity contribution in [2.75, 3.05) is 31.1 Å². The van der Waals surface area contributed by atoms with Crippen LogP contribution in [0.4, 0.5) is 5.69 Å². The number of carbonyl (C=O) groups excluding carboxylic acids is 2. The molecule has 6 nitrogen and oxygen atoms in total. The van der Waals surface area contributed by atoms with Gasteiger partial charge in [-0.15, -0.1) is 0 Å². The molecule has 2 aromatic rings. The summed E-state index contributed by atoms with van der Waals surface area (Å²) >= 11 is 11.1. The van der Waals surface area contributed by atoms with Crippen LogP contribution in [-0.4, -0.2) is 62.9 Å². The normalized spacial score (nSPS) is 17.1. The van der Waals surface area contributed by atoms with Gasteiger partial charge in [-0.2, -0.15) is 0 Å². The molecular formula is C21H20N4O2S2. The molecule has 0 spiro atoms. The number of carbonyl (C=O) groups is 2. The molecule has 2 heterocycles. The standard InChI is InChI=1S/C21H20N4O2S2/c26-18-14-22(20(28)24(18)13-16-7-3-1-4-8-16)11-12-23-15-19(27)25(21(23)29)17-9-5-2-6-10-17/h1-10H,11-15H2. The van der Waals surface area contributed by atoms with Crippen molar-refractivity contribution in [3.8, 4) is 0 Å². The van der Waals surface area contributed by atoms with Gasteiger partial charge in [-0.05, 0) is 42.1 Å². The monoisotopic (exact) mass is 424 g/mol. The van der Waals surface area contributed by atoms with Crippen molar-refractivity contribution in [3.63, 3.8) is 0 Å². The number of hydrogen-bond donors (Lipinski definition) is 0. The van der Waals surface area contributed by atoms with Crippen molar-refractivity contribution < 1.29 is 9.59 Å². The van der Waals surface area contributed by atoms with Crippen LogP contribution < -0.4 is 4.90 Å². The SMILES string of the molecule is O=C1CN(CCN2CC(=O)N(c3ccccc3)C2=S)C(=S)N1Cc1ccccc1. The Morgan fingerprint density at radius 3 is 1.93 bits per heavy atom. The summed E-state index contributed by atoms with van der Waals surface area (Å²) in [6.45, 7) is 2.02. The number of rotatable bonds is 6. The number of nitrogens with zero attached hydrogens (tertiary/aromatic N) is 4. The highest BCUT2D eigenvalue weighted by molar-refractivity contribution is 7.80. The molecule has 0 bridgehead atoms. The zero-order valence-electron chi connectivity index (χ0n) is 15.7. The molecule has 29 heavy (non-hydrogen) atoms. The van der Waals surface area contributed by atoms with Gasteiger partial charge in [0.05, 0.1) is 18.8 Å². The Morgan fingerprint density at radius 1 is 0.724 bits per heavy atom. The lowest BCUT2D eigenvalue weighted by Gasteiger charge is -2.24. The molecule has 2 aliphatic rings. The lowest BCUT2D eigenvalue weighted by Crippen LogP contribution is -2.39. The molecule has 2 fully saturated rings. The Balaban J connectivity index is 1.37. The predicted octanol–water partition coefficient (Wildman–Crippen LogP) is 2.25. The summed E-state index contributed by atoms with van der Waals surface area (Å²) in [5.74, 6) is -0.0585. The third-order valence-corrected chi connectivity index (χ3v) is 5.92. The first-order chi connectivity index (χ1) is 14.0. The van der Waals surface area contributed by atoms with Crippen LogP contribution in [0.2, 0.25) is 0 Å². The summed E-state index contributed by atoms with van der Waals surface area (Å²) in [6.07, 6.45) is 0. The zero-order chi connectivity index (χ0) is 20.4. The Kier molecular flexibility index (Phi) is 5.55. The first kappa shape index (κ1) is 19.5. The smallest absolute Gasteiger partial charge is 0.252 e. The van der Waals surface area contributed by atoms with Crippen molar-refractivity contribution in [1.82, 2.24) is 14.7 Å². The van der Waals surface area contributed by atoms with Crippen molar-refractivity contribution in [2.45, 2.75) is 6.54 Å². The summed E-state index contributed by atoms with van der Waals surface area (Å²) in [5.41, 5.74) is 1.81. The molecule has 2 saturated heterocycles. The molecule has 0 radical (unpaired) electrons. The molecule has 0 aliphatic carbocycles. The lowest BCUT2D eigenvalue weighted by molar-refractivity contribution is -0.125. The van der Waals surface area contributed by atoms with E-state index in [1.807, 2.05) is 70.5 Å². The Labute approximate surface area is 180 Å². The third kappa shape index (κ3) is 3.99. The third-order valence-electron chi connectivity index (χ3n) is 5.00. The van der Waals surface area contributed by atoms with Gasteiger partial charge >= 0.3 is 0 Å². The largest absolute Gasteiger partial charge is 0.338 e. The molecule has 0 unspecified atom stereocenters. The number of benzene rings is 2. The van der Waals surface area contributed by atoms with E-state index in [0.29, 0.717) is 29.9 Å². The highest BCUT2D eigenvalue weighted by atomic mass is 32.1. The minimum absolute atomic E-state index is 0.00941. The highest BCUT2D eigenvalue weighted by Gasteiger charge is 2.36. The van der Waals surface area contributed by atoms with Crippen molar-refractivity contribution in [1.29, 1.82) is 0 Å². The van der Waals surface area contributed by atoms with E-state index in [0.717, 1.165) is 11.3 Å². The number of thiocarbonyl (C=S) groups is 2. The van der Waals surface area contributed by atoms with Crippen molar-refractivity contribution in [3.05, 3.63) is 66.2 Å². The van der Waals surface area contributed by atoms with Crippen LogP contribution in [0.15, 0.2) is 60.7 Å². The molecule has 8 heteroatoms. The molecule has 0 N–H and O–H groups in total. The van der Waals surface area contributed by atoms with E-state index in [1.54, 1.807) is 9.80 Å². The Bertz CT molecular complexity index is 952. The van der Waals surface area contributed by atoms with Gasteiger partial charge in [-0.25, -0.2) is 0 Å². The van der Waals surface area contributed by atoms with Gasteiger partial charge in [0, 0.05) is 13.1 Å². The molecule has 2 amide bonds. The maximum Gasteiger partial charge on any atom is 0.252 e. The average Bonchev–Trinajstić information content (AvgIpc) is 3.17. The van der Waals surface area contributed by atoms with Gasteiger partial charge in [0.15, 0.2) is 10.2 Å². The van der Waals surface area contributed by atoms with Gasteiger partial charge in [0.2, 0.25) is 5.91 Å². The van der Waals surface area contributed by atoms with Crippen molar-refractivity contribution >= 4 is 52.2 Å². The second-order valence-corrected chi connectivity index (χ2v) is 7.67. The maximum atomic E-state index is 12.5. The predicted molar refractivity (Wildman–Crippen MR) is 119 cm³/mol. The average molecular weight is 425 g/mol. The highest BCUT2D eigenvalue weighted by Crippen LogP contribution is 2.21. The second-order valence-electron chi connectivity index (χ2n) is 6.94. The number of hydrogen-bond acceptors (Lipinski definition) is 4. The lowest BCUT2D eigenvalue weighted by atomic mass is 10.2. The Morgan fingerprint density at radius 2 is 1.28 bits per heavy atom. The van der Waals surface area contributed by atoms with Crippen LogP contribution in [0.5, 0.6) is 0 Å². The molecule has 0 atom stereocenters. The fourth-order valence-corrected chi connectivity index (χ4v) is 4.17. The zero-order valence-corrected chi connectivity index (χ0v) is 17.4. The van der Waals surface area contributed by atoms with E-state index >= 15 is 0 Å². The van der Waals surface area contributed by atoms with Gasteiger partial charge in [0.25, 0.3) is 5.91 Å². The van der Waals surface area contributed by atoms with Crippen LogP contribution in [0.1, 0.15) is 5.56 Å². The summed E-state index contributed by atoms with van der Waals surface area (Å²) in [5, 5.41) is 1.01. The van der Waals surface area contributed by atoms with E-state index in [2.05, 4.69) is 0 Å². The molecule has 2 aromatic carbocycles. The van der Waals surface area contributed by atoms with Gasteiger partial charge < -0.3 is 9.80 Å². The fourth-order valence-electron chi connectivity index (χ4n) is 3.49. The minimum Gasteiger partial charge on any atom is -0.338 e. The summed E-state index contributed by atoms with van der Waals surface area (Å²) < 4.78 is 0. The molecule has 148 valence electrons. The molecule has 0 saturated carbocycles. The number of amides is 2. The van der Waals surface area contributed by atoms with Crippen LogP contribution in [-0.2, 0) is 16.1 Å². The molecule has 4 rings (SSSR count). The number of para-hydroxylation sites is 1. The molecule has 0 aromatic heterocycles. The molecular weight excluding hydrogens is 404 g/mol. The first-order valence-electron chi connectivity index (χ1n) is 9.34. The topological polar surface area (TPSA) is 47.1 Å². The summed E-state index contributed by atoms with van der Waals surface area (Å²) in [4.78, 5) is 31.8. The minimum atomic E-state index is -0.0491. The first-order valence-corrected chi connectivity index (χ1v) is 10.2. The van der Waals surface area contributed by atoms with E-state index in [4.69, 9.17) is 24.4 Å². The molecule has 2 aliphatic heterocycles. The number of anilines is 1. The van der Waals surface area contributed by atoms with Crippen LogP contribution in [0, 0.1) is 0 Å². The fraction of sp³-hybridized carbons (Fsp3) is 0.238. The maximum absolute atomic E-state index is 12.5.